The van der Waals surface area contributed by atoms with Crippen LogP contribution in [-0.2, 0) is 9.63 Å². The summed E-state index contributed by atoms with van der Waals surface area (Å²) in [6, 6.07) is 0. The summed E-state index contributed by atoms with van der Waals surface area (Å²) in [4.78, 5) is 15.8. The SMILES string of the molecule is CCCC(C)C(=O)NOCC. The van der Waals surface area contributed by atoms with E-state index in [1.807, 2.05) is 13.8 Å². The van der Waals surface area contributed by atoms with Crippen LogP contribution in [0.15, 0.2) is 0 Å². The zero-order chi connectivity index (χ0) is 8.69. The van der Waals surface area contributed by atoms with Gasteiger partial charge < -0.3 is 0 Å². The zero-order valence-electron chi connectivity index (χ0n) is 7.52. The minimum absolute atomic E-state index is 0.0197. The van der Waals surface area contributed by atoms with Gasteiger partial charge in [0, 0.05) is 5.92 Å². The molecule has 66 valence electrons. The molecule has 0 saturated carbocycles. The number of hydrogen-bond donors (Lipinski definition) is 1. The molecule has 3 heteroatoms. The molecule has 1 atom stereocenters. The molecule has 0 bridgehead atoms. The molecule has 0 fully saturated rings. The maximum atomic E-state index is 11.1. The average molecular weight is 159 g/mol. The summed E-state index contributed by atoms with van der Waals surface area (Å²) in [6.45, 7) is 6.32. The summed E-state index contributed by atoms with van der Waals surface area (Å²) < 4.78 is 0. The molecule has 0 aromatic rings. The van der Waals surface area contributed by atoms with Crippen molar-refractivity contribution in [2.24, 2.45) is 5.92 Å². The number of carbonyl (C=O) groups is 1. The number of nitrogens with one attached hydrogen (secondary N) is 1. The monoisotopic (exact) mass is 159 g/mol. The van der Waals surface area contributed by atoms with Crippen molar-refractivity contribution in [1.82, 2.24) is 5.48 Å². The number of hydrogen-bond acceptors (Lipinski definition) is 2. The van der Waals surface area contributed by atoms with Crippen LogP contribution in [0, 0.1) is 5.92 Å². The van der Waals surface area contributed by atoms with Gasteiger partial charge in [0.15, 0.2) is 0 Å². The van der Waals surface area contributed by atoms with Crippen molar-refractivity contribution in [3.63, 3.8) is 0 Å². The lowest BCUT2D eigenvalue weighted by molar-refractivity contribution is -0.137. The molecule has 1 N–H and O–H groups in total. The highest BCUT2D eigenvalue weighted by atomic mass is 16.6. The van der Waals surface area contributed by atoms with Crippen LogP contribution in [0.2, 0.25) is 0 Å². The van der Waals surface area contributed by atoms with Crippen molar-refractivity contribution in [1.29, 1.82) is 0 Å². The Morgan fingerprint density at radius 3 is 2.64 bits per heavy atom. The first-order chi connectivity index (χ1) is 5.22. The largest absolute Gasteiger partial charge is 0.274 e. The molecule has 1 amide bonds. The molecule has 0 aliphatic rings. The molecule has 1 unspecified atom stereocenters. The van der Waals surface area contributed by atoms with Crippen molar-refractivity contribution >= 4 is 5.91 Å². The number of carbonyl (C=O) groups excluding carboxylic acids is 1. The zero-order valence-corrected chi connectivity index (χ0v) is 7.52. The van der Waals surface area contributed by atoms with Gasteiger partial charge in [-0.1, -0.05) is 20.3 Å². The molecule has 0 aliphatic heterocycles. The van der Waals surface area contributed by atoms with E-state index in [0.29, 0.717) is 6.61 Å². The third kappa shape index (κ3) is 4.79. The fourth-order valence-corrected chi connectivity index (χ4v) is 0.808. The third-order valence-corrected chi connectivity index (χ3v) is 1.49. The van der Waals surface area contributed by atoms with Crippen LogP contribution in [0.5, 0.6) is 0 Å². The average Bonchev–Trinajstić information content (AvgIpc) is 2.00. The van der Waals surface area contributed by atoms with Crippen LogP contribution in [0.1, 0.15) is 33.6 Å². The minimum Gasteiger partial charge on any atom is -0.274 e. The second-order valence-corrected chi connectivity index (χ2v) is 2.59. The Morgan fingerprint density at radius 1 is 1.55 bits per heavy atom. The van der Waals surface area contributed by atoms with E-state index < -0.39 is 0 Å². The van der Waals surface area contributed by atoms with Crippen molar-refractivity contribution < 1.29 is 9.63 Å². The lowest BCUT2D eigenvalue weighted by atomic mass is 10.1. The van der Waals surface area contributed by atoms with E-state index in [1.165, 1.54) is 0 Å². The summed E-state index contributed by atoms with van der Waals surface area (Å²) >= 11 is 0. The molecule has 0 aromatic heterocycles. The first-order valence-electron chi connectivity index (χ1n) is 4.14. The first kappa shape index (κ1) is 10.4. The topological polar surface area (TPSA) is 38.3 Å². The van der Waals surface area contributed by atoms with Gasteiger partial charge in [-0.3, -0.25) is 9.63 Å². The molecule has 0 aliphatic carbocycles. The molecule has 0 radical (unpaired) electrons. The number of rotatable bonds is 5. The van der Waals surface area contributed by atoms with E-state index in [1.54, 1.807) is 0 Å². The molecule has 0 saturated heterocycles. The fraction of sp³-hybridized carbons (Fsp3) is 0.875. The molecule has 0 heterocycles. The molecular weight excluding hydrogens is 142 g/mol. The molecular formula is C8H17NO2. The van der Waals surface area contributed by atoms with Gasteiger partial charge in [0.1, 0.15) is 0 Å². The van der Waals surface area contributed by atoms with E-state index in [9.17, 15) is 4.79 Å². The Balaban J connectivity index is 3.47. The van der Waals surface area contributed by atoms with Gasteiger partial charge in [0.25, 0.3) is 0 Å². The second kappa shape index (κ2) is 6.16. The van der Waals surface area contributed by atoms with Crippen LogP contribution in [0.3, 0.4) is 0 Å². The highest BCUT2D eigenvalue weighted by Crippen LogP contribution is 2.03. The highest BCUT2D eigenvalue weighted by Gasteiger charge is 2.10. The van der Waals surface area contributed by atoms with Crippen molar-refractivity contribution in [3.8, 4) is 0 Å². The quantitative estimate of drug-likeness (QED) is 0.617. The Hall–Kier alpha value is -0.570. The van der Waals surface area contributed by atoms with E-state index in [-0.39, 0.29) is 11.8 Å². The molecule has 11 heavy (non-hydrogen) atoms. The van der Waals surface area contributed by atoms with Gasteiger partial charge >= 0.3 is 0 Å². The van der Waals surface area contributed by atoms with Crippen LogP contribution in [-0.4, -0.2) is 12.5 Å². The smallest absolute Gasteiger partial charge is 0.246 e. The minimum atomic E-state index is -0.0197. The number of amides is 1. The lowest BCUT2D eigenvalue weighted by Gasteiger charge is -2.09. The molecule has 0 spiro atoms. The molecule has 0 rings (SSSR count). The van der Waals surface area contributed by atoms with Gasteiger partial charge in [0.05, 0.1) is 6.61 Å². The summed E-state index contributed by atoms with van der Waals surface area (Å²) in [5, 5.41) is 0. The van der Waals surface area contributed by atoms with E-state index >= 15 is 0 Å². The Kier molecular flexibility index (Phi) is 5.84. The van der Waals surface area contributed by atoms with Crippen molar-refractivity contribution in [2.75, 3.05) is 6.61 Å². The van der Waals surface area contributed by atoms with Gasteiger partial charge in [-0.15, -0.1) is 0 Å². The van der Waals surface area contributed by atoms with Gasteiger partial charge in [-0.05, 0) is 13.3 Å². The molecule has 3 nitrogen and oxygen atoms in total. The lowest BCUT2D eigenvalue weighted by Crippen LogP contribution is -2.29. The van der Waals surface area contributed by atoms with Gasteiger partial charge in [0.2, 0.25) is 5.91 Å². The predicted octanol–water partition coefficient (Wildman–Crippen LogP) is 1.49. The maximum Gasteiger partial charge on any atom is 0.246 e. The van der Waals surface area contributed by atoms with Crippen LogP contribution >= 0.6 is 0 Å². The van der Waals surface area contributed by atoms with Gasteiger partial charge in [-0.2, -0.15) is 0 Å². The summed E-state index contributed by atoms with van der Waals surface area (Å²) in [5.74, 6) is 0.0419. The standard InChI is InChI=1S/C8H17NO2/c1-4-6-7(3)8(10)9-11-5-2/h7H,4-6H2,1-3H3,(H,9,10). The first-order valence-corrected chi connectivity index (χ1v) is 4.14. The Labute approximate surface area is 68.1 Å². The fourth-order valence-electron chi connectivity index (χ4n) is 0.808. The highest BCUT2D eigenvalue weighted by molar-refractivity contribution is 5.77. The van der Waals surface area contributed by atoms with Crippen molar-refractivity contribution in [3.05, 3.63) is 0 Å². The Morgan fingerprint density at radius 2 is 2.18 bits per heavy atom. The van der Waals surface area contributed by atoms with Crippen LogP contribution in [0.25, 0.3) is 0 Å². The normalized spacial score (nSPS) is 12.6. The number of hydroxylamine groups is 1. The van der Waals surface area contributed by atoms with E-state index in [2.05, 4.69) is 12.4 Å². The molecule has 0 aromatic carbocycles. The van der Waals surface area contributed by atoms with E-state index in [4.69, 9.17) is 4.84 Å². The predicted molar refractivity (Wildman–Crippen MR) is 43.8 cm³/mol. The summed E-state index contributed by atoms with van der Waals surface area (Å²) in [7, 11) is 0. The third-order valence-electron chi connectivity index (χ3n) is 1.49. The van der Waals surface area contributed by atoms with Gasteiger partial charge in [-0.25, -0.2) is 5.48 Å². The van der Waals surface area contributed by atoms with Crippen LogP contribution < -0.4 is 5.48 Å². The summed E-state index contributed by atoms with van der Waals surface area (Å²) in [6.07, 6.45) is 1.94. The van der Waals surface area contributed by atoms with E-state index in [0.717, 1.165) is 12.8 Å². The van der Waals surface area contributed by atoms with Crippen molar-refractivity contribution in [2.45, 2.75) is 33.6 Å². The maximum absolute atomic E-state index is 11.1. The summed E-state index contributed by atoms with van der Waals surface area (Å²) in [5.41, 5.74) is 2.38. The second-order valence-electron chi connectivity index (χ2n) is 2.59. The Bertz CT molecular complexity index is 115. The van der Waals surface area contributed by atoms with Crippen LogP contribution in [0.4, 0.5) is 0 Å².